The van der Waals surface area contributed by atoms with Crippen LogP contribution in [0, 0.1) is 5.92 Å². The molecule has 0 amide bonds. The van der Waals surface area contributed by atoms with Crippen LogP contribution in [-0.4, -0.2) is 30.2 Å². The number of nitrogens with zero attached hydrogens (tertiary/aromatic N) is 1. The molecule has 2 rings (SSSR count). The van der Waals surface area contributed by atoms with Crippen LogP contribution < -0.4 is 4.72 Å². The van der Waals surface area contributed by atoms with Gasteiger partial charge in [0, 0.05) is 0 Å². The molecule has 0 fully saturated rings. The minimum absolute atomic E-state index is 0.0143. The Morgan fingerprint density at radius 2 is 2.15 bits per heavy atom. The normalized spacial score (nSPS) is 11.9. The van der Waals surface area contributed by atoms with E-state index in [2.05, 4.69) is 9.71 Å². The second-order valence-electron chi connectivity index (χ2n) is 4.78. The molecule has 2 N–H and O–H groups in total. The molecular formula is C12H14N2O4S2. The highest BCUT2D eigenvalue weighted by molar-refractivity contribution is 7.92. The highest BCUT2D eigenvalue weighted by atomic mass is 32.2. The molecule has 0 spiro atoms. The lowest BCUT2D eigenvalue weighted by molar-refractivity contribution is 0.0697. The highest BCUT2D eigenvalue weighted by Crippen LogP contribution is 2.27. The third-order valence-corrected chi connectivity index (χ3v) is 5.10. The number of nitrogens with one attached hydrogen (secondary N) is 1. The van der Waals surface area contributed by atoms with Crippen molar-refractivity contribution >= 4 is 42.7 Å². The molecule has 1 aromatic carbocycles. The van der Waals surface area contributed by atoms with Gasteiger partial charge in [0.15, 0.2) is 5.13 Å². The van der Waals surface area contributed by atoms with Crippen LogP contribution in [0.15, 0.2) is 18.2 Å². The first-order valence-electron chi connectivity index (χ1n) is 5.91. The number of carboxylic acids is 1. The summed E-state index contributed by atoms with van der Waals surface area (Å²) < 4.78 is 26.7. The molecule has 0 aliphatic heterocycles. The van der Waals surface area contributed by atoms with E-state index < -0.39 is 16.0 Å². The van der Waals surface area contributed by atoms with Gasteiger partial charge in [-0.3, -0.25) is 4.72 Å². The van der Waals surface area contributed by atoms with Crippen LogP contribution in [0.5, 0.6) is 0 Å². The summed E-state index contributed by atoms with van der Waals surface area (Å²) in [5.74, 6) is -0.994. The number of anilines is 1. The van der Waals surface area contributed by atoms with Crippen LogP contribution in [0.25, 0.3) is 10.2 Å². The van der Waals surface area contributed by atoms with E-state index in [1.165, 1.54) is 12.1 Å². The van der Waals surface area contributed by atoms with Gasteiger partial charge in [-0.05, 0) is 24.1 Å². The molecule has 0 saturated carbocycles. The predicted molar refractivity (Wildman–Crippen MR) is 78.8 cm³/mol. The summed E-state index contributed by atoms with van der Waals surface area (Å²) in [6.45, 7) is 3.63. The Hall–Kier alpha value is -1.67. The topological polar surface area (TPSA) is 96.4 Å². The molecule has 0 unspecified atom stereocenters. The van der Waals surface area contributed by atoms with Crippen LogP contribution in [0.1, 0.15) is 24.2 Å². The number of hydrogen-bond donors (Lipinski definition) is 2. The van der Waals surface area contributed by atoms with Gasteiger partial charge in [0.05, 0.1) is 21.5 Å². The fourth-order valence-corrected chi connectivity index (χ4v) is 4.29. The first-order valence-corrected chi connectivity index (χ1v) is 8.38. The van der Waals surface area contributed by atoms with E-state index in [1.54, 1.807) is 6.07 Å². The largest absolute Gasteiger partial charge is 0.478 e. The maximum absolute atomic E-state index is 11.8. The van der Waals surface area contributed by atoms with Gasteiger partial charge >= 0.3 is 5.97 Å². The fourth-order valence-electron chi connectivity index (χ4n) is 1.71. The lowest BCUT2D eigenvalue weighted by Crippen LogP contribution is -2.19. The Balaban J connectivity index is 2.30. The summed E-state index contributed by atoms with van der Waals surface area (Å²) in [5.41, 5.74) is 0.722. The summed E-state index contributed by atoms with van der Waals surface area (Å²) in [5, 5.41) is 9.16. The van der Waals surface area contributed by atoms with Crippen molar-refractivity contribution in [2.45, 2.75) is 13.8 Å². The zero-order valence-corrected chi connectivity index (χ0v) is 12.6. The number of aromatic nitrogens is 1. The smallest absolute Gasteiger partial charge is 0.335 e. The number of carboxylic acid groups (broad SMARTS) is 1. The molecular weight excluding hydrogens is 300 g/mol. The Labute approximate surface area is 120 Å². The minimum atomic E-state index is -3.43. The van der Waals surface area contributed by atoms with Gasteiger partial charge in [0.25, 0.3) is 0 Å². The number of fused-ring (bicyclic) bond motifs is 1. The summed E-state index contributed by atoms with van der Waals surface area (Å²) in [6.07, 6.45) is 0. The second kappa shape index (κ2) is 5.37. The Morgan fingerprint density at radius 1 is 1.45 bits per heavy atom. The van der Waals surface area contributed by atoms with E-state index in [4.69, 9.17) is 5.11 Å². The van der Waals surface area contributed by atoms with E-state index >= 15 is 0 Å². The van der Waals surface area contributed by atoms with Crippen molar-refractivity contribution in [3.63, 3.8) is 0 Å². The van der Waals surface area contributed by atoms with E-state index in [9.17, 15) is 13.2 Å². The maximum atomic E-state index is 11.8. The van der Waals surface area contributed by atoms with Crippen LogP contribution in [-0.2, 0) is 10.0 Å². The molecule has 0 aliphatic carbocycles. The highest BCUT2D eigenvalue weighted by Gasteiger charge is 2.16. The van der Waals surface area contributed by atoms with Gasteiger partial charge in [0.1, 0.15) is 0 Å². The van der Waals surface area contributed by atoms with Gasteiger partial charge in [-0.2, -0.15) is 0 Å². The number of thiazole rings is 1. The third kappa shape index (κ3) is 3.45. The van der Waals surface area contributed by atoms with Crippen molar-refractivity contribution in [1.29, 1.82) is 0 Å². The molecule has 6 nitrogen and oxygen atoms in total. The molecule has 0 saturated heterocycles. The number of aromatic carboxylic acids is 1. The Morgan fingerprint density at radius 3 is 2.75 bits per heavy atom. The van der Waals surface area contributed by atoms with Gasteiger partial charge in [-0.15, -0.1) is 0 Å². The molecule has 0 bridgehead atoms. The summed E-state index contributed by atoms with van der Waals surface area (Å²) >= 11 is 1.12. The van der Waals surface area contributed by atoms with E-state index in [0.717, 1.165) is 11.3 Å². The predicted octanol–water partition coefficient (Wildman–Crippen LogP) is 2.39. The molecule has 8 heteroatoms. The van der Waals surface area contributed by atoms with Gasteiger partial charge in [-0.1, -0.05) is 25.2 Å². The number of sulfonamides is 1. The SMILES string of the molecule is CC(C)CS(=O)(=O)Nc1nc2ccc(C(=O)O)cc2s1. The van der Waals surface area contributed by atoms with Gasteiger partial charge in [0.2, 0.25) is 10.0 Å². The zero-order valence-electron chi connectivity index (χ0n) is 11.0. The second-order valence-corrected chi connectivity index (χ2v) is 7.58. The van der Waals surface area contributed by atoms with Crippen molar-refractivity contribution in [3.05, 3.63) is 23.8 Å². The molecule has 108 valence electrons. The quantitative estimate of drug-likeness (QED) is 0.883. The number of rotatable bonds is 5. The lowest BCUT2D eigenvalue weighted by atomic mass is 10.2. The van der Waals surface area contributed by atoms with Crippen molar-refractivity contribution in [1.82, 2.24) is 4.98 Å². The standard InChI is InChI=1S/C12H14N2O4S2/c1-7(2)6-20(17,18)14-12-13-9-4-3-8(11(15)16)5-10(9)19-12/h3-5,7H,6H2,1-2H3,(H,13,14)(H,15,16). The van der Waals surface area contributed by atoms with Crippen LogP contribution >= 0.6 is 11.3 Å². The lowest BCUT2D eigenvalue weighted by Gasteiger charge is -2.06. The number of hydrogen-bond acceptors (Lipinski definition) is 5. The fraction of sp³-hybridized carbons (Fsp3) is 0.333. The zero-order chi connectivity index (χ0) is 14.9. The molecule has 0 aliphatic rings. The van der Waals surface area contributed by atoms with Crippen molar-refractivity contribution in [3.8, 4) is 0 Å². The molecule has 1 aromatic heterocycles. The van der Waals surface area contributed by atoms with Crippen molar-refractivity contribution in [2.24, 2.45) is 5.92 Å². The molecule has 20 heavy (non-hydrogen) atoms. The minimum Gasteiger partial charge on any atom is -0.478 e. The average molecular weight is 314 g/mol. The third-order valence-electron chi connectivity index (χ3n) is 2.43. The molecule has 2 aromatic rings. The van der Waals surface area contributed by atoms with E-state index in [0.29, 0.717) is 10.2 Å². The molecule has 0 radical (unpaired) electrons. The summed E-state index contributed by atoms with van der Waals surface area (Å²) in [4.78, 5) is 15.0. The van der Waals surface area contributed by atoms with Crippen molar-refractivity contribution < 1.29 is 18.3 Å². The van der Waals surface area contributed by atoms with Gasteiger partial charge in [-0.25, -0.2) is 18.2 Å². The van der Waals surface area contributed by atoms with E-state index in [-0.39, 0.29) is 22.4 Å². The van der Waals surface area contributed by atoms with E-state index in [1.807, 2.05) is 13.8 Å². The summed E-state index contributed by atoms with van der Waals surface area (Å²) in [6, 6.07) is 4.49. The van der Waals surface area contributed by atoms with Crippen molar-refractivity contribution in [2.75, 3.05) is 10.5 Å². The first-order chi connectivity index (χ1) is 9.27. The van der Waals surface area contributed by atoms with Crippen LogP contribution in [0.2, 0.25) is 0 Å². The van der Waals surface area contributed by atoms with Crippen LogP contribution in [0.3, 0.4) is 0 Å². The van der Waals surface area contributed by atoms with Gasteiger partial charge < -0.3 is 5.11 Å². The van der Waals surface area contributed by atoms with Crippen LogP contribution in [0.4, 0.5) is 5.13 Å². The first kappa shape index (κ1) is 14.7. The number of benzene rings is 1. The average Bonchev–Trinajstić information content (AvgIpc) is 2.66. The molecule has 1 heterocycles. The summed E-state index contributed by atoms with van der Waals surface area (Å²) in [7, 11) is -3.43. The molecule has 0 atom stereocenters. The monoisotopic (exact) mass is 314 g/mol. The maximum Gasteiger partial charge on any atom is 0.335 e. The number of carbonyl (C=O) groups is 1. The Kier molecular flexibility index (Phi) is 3.96. The Bertz CT molecular complexity index is 750.